The summed E-state index contributed by atoms with van der Waals surface area (Å²) < 4.78 is 5.63. The molecular formula is C19H17N3O2. The molecule has 0 fully saturated rings. The lowest BCUT2D eigenvalue weighted by molar-refractivity contribution is 0.0775. The quantitative estimate of drug-likeness (QED) is 0.785. The van der Waals surface area contributed by atoms with Crippen LogP contribution < -0.4 is 4.74 Å². The van der Waals surface area contributed by atoms with E-state index in [0.717, 1.165) is 10.9 Å². The summed E-state index contributed by atoms with van der Waals surface area (Å²) in [6.07, 6.45) is 1.83. The molecule has 0 atom stereocenters. The number of nitrogens with one attached hydrogen (secondary N) is 1. The minimum absolute atomic E-state index is 0.0467. The van der Waals surface area contributed by atoms with Crippen LogP contribution in [0.15, 0.2) is 54.7 Å². The first kappa shape index (κ1) is 15.6. The number of hydrogen-bond acceptors (Lipinski definition) is 3. The maximum Gasteiger partial charge on any atom is 0.254 e. The van der Waals surface area contributed by atoms with Crippen LogP contribution in [0, 0.1) is 11.3 Å². The zero-order valence-electron chi connectivity index (χ0n) is 13.3. The molecule has 1 N–H and O–H groups in total. The normalized spacial score (nSPS) is 10.3. The number of likely N-dealkylation sites (N-methyl/N-ethyl adjacent to an activating group) is 1. The molecule has 0 aliphatic heterocycles. The molecule has 5 nitrogen and oxygen atoms in total. The Balaban J connectivity index is 1.62. The van der Waals surface area contributed by atoms with Crippen molar-refractivity contribution >= 4 is 16.8 Å². The average molecular weight is 319 g/mol. The highest BCUT2D eigenvalue weighted by Crippen LogP contribution is 2.19. The van der Waals surface area contributed by atoms with Gasteiger partial charge in [0.15, 0.2) is 0 Å². The Morgan fingerprint density at radius 2 is 2.08 bits per heavy atom. The molecule has 0 saturated heterocycles. The second kappa shape index (κ2) is 6.88. The Morgan fingerprint density at radius 1 is 1.25 bits per heavy atom. The van der Waals surface area contributed by atoms with Crippen molar-refractivity contribution in [2.45, 2.75) is 0 Å². The van der Waals surface area contributed by atoms with E-state index in [-0.39, 0.29) is 5.91 Å². The molecule has 0 aliphatic rings. The number of amides is 1. The number of aromatic nitrogens is 1. The van der Waals surface area contributed by atoms with E-state index in [2.05, 4.69) is 11.1 Å². The molecule has 1 aromatic heterocycles. The Labute approximate surface area is 140 Å². The molecule has 3 aromatic rings. The molecule has 0 radical (unpaired) electrons. The minimum Gasteiger partial charge on any atom is -0.492 e. The molecule has 120 valence electrons. The lowest BCUT2D eigenvalue weighted by Crippen LogP contribution is -2.31. The number of ether oxygens (including phenoxy) is 1. The predicted octanol–water partition coefficient (Wildman–Crippen LogP) is 3.19. The predicted molar refractivity (Wildman–Crippen MR) is 91.9 cm³/mol. The Bertz CT molecular complexity index is 908. The van der Waals surface area contributed by atoms with Crippen LogP contribution in [0.2, 0.25) is 0 Å². The monoisotopic (exact) mass is 319 g/mol. The summed E-state index contributed by atoms with van der Waals surface area (Å²) in [6, 6.07) is 16.6. The number of fused-ring (bicyclic) bond motifs is 1. The second-order valence-corrected chi connectivity index (χ2v) is 5.46. The summed E-state index contributed by atoms with van der Waals surface area (Å²) in [5, 5.41) is 9.80. The summed E-state index contributed by atoms with van der Waals surface area (Å²) in [4.78, 5) is 17.4. The van der Waals surface area contributed by atoms with Crippen LogP contribution >= 0.6 is 0 Å². The fraction of sp³-hybridized carbons (Fsp3) is 0.158. The van der Waals surface area contributed by atoms with E-state index >= 15 is 0 Å². The highest BCUT2D eigenvalue weighted by molar-refractivity contribution is 6.06. The van der Waals surface area contributed by atoms with E-state index in [1.807, 2.05) is 30.5 Å². The number of aromatic amines is 1. The summed E-state index contributed by atoms with van der Waals surface area (Å²) in [5.41, 5.74) is 2.16. The van der Waals surface area contributed by atoms with E-state index < -0.39 is 0 Å². The van der Waals surface area contributed by atoms with Crippen molar-refractivity contribution in [2.75, 3.05) is 20.2 Å². The van der Waals surface area contributed by atoms with Crippen LogP contribution in [0.1, 0.15) is 15.9 Å². The molecule has 24 heavy (non-hydrogen) atoms. The van der Waals surface area contributed by atoms with Gasteiger partial charge < -0.3 is 14.6 Å². The Morgan fingerprint density at radius 3 is 2.92 bits per heavy atom. The fourth-order valence-corrected chi connectivity index (χ4v) is 2.53. The van der Waals surface area contributed by atoms with Gasteiger partial charge in [-0.15, -0.1) is 0 Å². The molecular weight excluding hydrogens is 302 g/mol. The highest BCUT2D eigenvalue weighted by atomic mass is 16.5. The topological polar surface area (TPSA) is 69.1 Å². The molecule has 0 spiro atoms. The zero-order valence-corrected chi connectivity index (χ0v) is 13.3. The van der Waals surface area contributed by atoms with Crippen LogP contribution in [-0.4, -0.2) is 36.0 Å². The first-order valence-corrected chi connectivity index (χ1v) is 7.63. The third-order valence-electron chi connectivity index (χ3n) is 3.83. The Kier molecular flexibility index (Phi) is 4.48. The van der Waals surface area contributed by atoms with E-state index in [4.69, 9.17) is 10.00 Å². The first-order valence-electron chi connectivity index (χ1n) is 7.63. The highest BCUT2D eigenvalue weighted by Gasteiger charge is 2.14. The van der Waals surface area contributed by atoms with Gasteiger partial charge in [0, 0.05) is 29.7 Å². The van der Waals surface area contributed by atoms with Gasteiger partial charge in [-0.1, -0.05) is 12.1 Å². The van der Waals surface area contributed by atoms with Gasteiger partial charge in [-0.2, -0.15) is 5.26 Å². The van der Waals surface area contributed by atoms with Crippen LogP contribution in [0.25, 0.3) is 10.9 Å². The SMILES string of the molecule is CN(CCOc1cccc(C#N)c1)C(=O)c1cccc2[nH]ccc12. The smallest absolute Gasteiger partial charge is 0.254 e. The van der Waals surface area contributed by atoms with Gasteiger partial charge in [-0.25, -0.2) is 0 Å². The number of nitrogens with zero attached hydrogens (tertiary/aromatic N) is 2. The van der Waals surface area contributed by atoms with Gasteiger partial charge in [0.05, 0.1) is 18.2 Å². The van der Waals surface area contributed by atoms with Crippen LogP contribution in [0.3, 0.4) is 0 Å². The number of benzene rings is 2. The maximum absolute atomic E-state index is 12.6. The van der Waals surface area contributed by atoms with E-state index in [1.165, 1.54) is 0 Å². The summed E-state index contributed by atoms with van der Waals surface area (Å²) in [6.45, 7) is 0.816. The molecule has 1 amide bonds. The molecule has 2 aromatic carbocycles. The molecule has 1 heterocycles. The first-order chi connectivity index (χ1) is 11.7. The van der Waals surface area contributed by atoms with Crippen molar-refractivity contribution < 1.29 is 9.53 Å². The number of nitriles is 1. The van der Waals surface area contributed by atoms with Crippen molar-refractivity contribution in [3.05, 3.63) is 65.9 Å². The summed E-state index contributed by atoms with van der Waals surface area (Å²) in [7, 11) is 1.75. The van der Waals surface area contributed by atoms with Gasteiger partial charge in [0.2, 0.25) is 0 Å². The number of H-pyrrole nitrogens is 1. The molecule has 0 unspecified atom stereocenters. The van der Waals surface area contributed by atoms with Gasteiger partial charge in [-0.05, 0) is 36.4 Å². The average Bonchev–Trinajstić information content (AvgIpc) is 3.10. The number of carbonyl (C=O) groups is 1. The van der Waals surface area contributed by atoms with Crippen molar-refractivity contribution in [2.24, 2.45) is 0 Å². The maximum atomic E-state index is 12.6. The summed E-state index contributed by atoms with van der Waals surface area (Å²) in [5.74, 6) is 0.581. The van der Waals surface area contributed by atoms with Crippen LogP contribution in [0.4, 0.5) is 0 Å². The summed E-state index contributed by atoms with van der Waals surface area (Å²) >= 11 is 0. The van der Waals surface area contributed by atoms with Crippen LogP contribution in [-0.2, 0) is 0 Å². The lowest BCUT2D eigenvalue weighted by Gasteiger charge is -2.18. The largest absolute Gasteiger partial charge is 0.492 e. The van der Waals surface area contributed by atoms with Gasteiger partial charge in [0.25, 0.3) is 5.91 Å². The zero-order chi connectivity index (χ0) is 16.9. The lowest BCUT2D eigenvalue weighted by atomic mass is 10.1. The third kappa shape index (κ3) is 3.23. The van der Waals surface area contributed by atoms with Gasteiger partial charge in [0.1, 0.15) is 12.4 Å². The molecule has 0 bridgehead atoms. The number of rotatable bonds is 5. The second-order valence-electron chi connectivity index (χ2n) is 5.46. The fourth-order valence-electron chi connectivity index (χ4n) is 2.53. The number of carbonyl (C=O) groups excluding carboxylic acids is 1. The van der Waals surface area contributed by atoms with Gasteiger partial charge >= 0.3 is 0 Å². The van der Waals surface area contributed by atoms with Crippen LogP contribution in [0.5, 0.6) is 5.75 Å². The van der Waals surface area contributed by atoms with Crippen molar-refractivity contribution in [1.82, 2.24) is 9.88 Å². The third-order valence-corrected chi connectivity index (χ3v) is 3.83. The standard InChI is InChI=1S/C19H17N3O2/c1-22(10-11-24-15-5-2-4-14(12-15)13-20)19(23)17-6-3-7-18-16(17)8-9-21-18/h2-9,12,21H,10-11H2,1H3. The van der Waals surface area contributed by atoms with Gasteiger partial charge in [-0.3, -0.25) is 4.79 Å². The van der Waals surface area contributed by atoms with Crippen molar-refractivity contribution in [3.63, 3.8) is 0 Å². The van der Waals surface area contributed by atoms with Crippen molar-refractivity contribution in [1.29, 1.82) is 5.26 Å². The van der Waals surface area contributed by atoms with E-state index in [9.17, 15) is 4.79 Å². The molecule has 3 rings (SSSR count). The van der Waals surface area contributed by atoms with E-state index in [1.54, 1.807) is 36.2 Å². The molecule has 0 aliphatic carbocycles. The molecule has 0 saturated carbocycles. The minimum atomic E-state index is -0.0467. The molecule has 5 heteroatoms. The van der Waals surface area contributed by atoms with E-state index in [0.29, 0.717) is 30.0 Å². The number of hydrogen-bond donors (Lipinski definition) is 1. The van der Waals surface area contributed by atoms with Crippen molar-refractivity contribution in [3.8, 4) is 11.8 Å². The Hall–Kier alpha value is -3.26.